The van der Waals surface area contributed by atoms with Crippen molar-refractivity contribution in [3.05, 3.63) is 59.3 Å². The maximum absolute atomic E-state index is 14.8. The molecule has 0 spiro atoms. The topological polar surface area (TPSA) is 52.1 Å². The second-order valence-electron chi connectivity index (χ2n) is 11.8. The Morgan fingerprint density at radius 3 is 1.32 bits per heavy atom. The molecule has 41 heavy (non-hydrogen) atoms. The van der Waals surface area contributed by atoms with E-state index in [1.807, 2.05) is 0 Å². The standard InChI is InChI=1S/C27H24F10N2O2/c1-21(2,3)19-38-15-11-13(7-9-17(15)40-19)23(26(32,33)34,27(35,36)37)14-8-10-18-16(12-14)39-20(41-18)24(28,29)25(30,31)22(4,5)6/h7-12H,1-6H3. The van der Waals surface area contributed by atoms with Crippen LogP contribution in [0.1, 0.15) is 64.5 Å². The molecule has 0 N–H and O–H groups in total. The molecular weight excluding hydrogens is 574 g/mol. The number of rotatable bonds is 4. The fourth-order valence-electron chi connectivity index (χ4n) is 4.36. The molecule has 0 aliphatic heterocycles. The molecule has 0 aliphatic rings. The summed E-state index contributed by atoms with van der Waals surface area (Å²) in [4.78, 5) is 7.27. The van der Waals surface area contributed by atoms with Gasteiger partial charge in [0.1, 0.15) is 11.0 Å². The summed E-state index contributed by atoms with van der Waals surface area (Å²) in [5.41, 5.74) is -12.4. The summed E-state index contributed by atoms with van der Waals surface area (Å²) in [6.45, 7) is 7.49. The first-order valence-corrected chi connectivity index (χ1v) is 12.1. The van der Waals surface area contributed by atoms with Crippen LogP contribution >= 0.6 is 0 Å². The fraction of sp³-hybridized carbons (Fsp3) is 0.481. The molecule has 0 saturated heterocycles. The van der Waals surface area contributed by atoms with Gasteiger partial charge in [0.25, 0.3) is 5.89 Å². The molecule has 0 bridgehead atoms. The largest absolute Gasteiger partial charge is 0.440 e. The van der Waals surface area contributed by atoms with E-state index in [0.29, 0.717) is 24.3 Å². The number of halogens is 10. The summed E-state index contributed by atoms with van der Waals surface area (Å²) in [6, 6.07) is 3.27. The summed E-state index contributed by atoms with van der Waals surface area (Å²) in [7, 11) is 0. The van der Waals surface area contributed by atoms with Gasteiger partial charge >= 0.3 is 24.2 Å². The molecule has 2 aromatic heterocycles. The molecule has 2 aromatic carbocycles. The number of fused-ring (bicyclic) bond motifs is 2. The Labute approximate surface area is 226 Å². The molecule has 0 saturated carbocycles. The molecule has 0 radical (unpaired) electrons. The summed E-state index contributed by atoms with van der Waals surface area (Å²) in [5.74, 6) is -11.6. The van der Waals surface area contributed by atoms with Crippen LogP contribution in [-0.4, -0.2) is 28.2 Å². The van der Waals surface area contributed by atoms with E-state index in [1.54, 1.807) is 20.8 Å². The van der Waals surface area contributed by atoms with Gasteiger partial charge in [0.15, 0.2) is 11.2 Å². The average Bonchev–Trinajstić information content (AvgIpc) is 3.40. The van der Waals surface area contributed by atoms with Crippen molar-refractivity contribution in [2.75, 3.05) is 0 Å². The zero-order chi connectivity index (χ0) is 31.2. The van der Waals surface area contributed by atoms with E-state index >= 15 is 0 Å². The third-order valence-electron chi connectivity index (χ3n) is 6.74. The van der Waals surface area contributed by atoms with Crippen LogP contribution in [0.3, 0.4) is 0 Å². The highest BCUT2D eigenvalue weighted by atomic mass is 19.4. The van der Waals surface area contributed by atoms with Crippen LogP contribution in [0, 0.1) is 5.41 Å². The molecule has 0 amide bonds. The Morgan fingerprint density at radius 2 is 0.951 bits per heavy atom. The third-order valence-corrected chi connectivity index (χ3v) is 6.74. The van der Waals surface area contributed by atoms with E-state index in [9.17, 15) is 43.9 Å². The number of oxazole rings is 2. The van der Waals surface area contributed by atoms with E-state index in [1.165, 1.54) is 0 Å². The van der Waals surface area contributed by atoms with Gasteiger partial charge in [-0.2, -0.15) is 43.9 Å². The Kier molecular flexibility index (Phi) is 6.61. The summed E-state index contributed by atoms with van der Waals surface area (Å²) in [6.07, 6.45) is -12.1. The molecule has 0 unspecified atom stereocenters. The fourth-order valence-corrected chi connectivity index (χ4v) is 4.36. The van der Waals surface area contributed by atoms with Crippen LogP contribution in [0.4, 0.5) is 43.9 Å². The molecule has 14 heteroatoms. The highest BCUT2D eigenvalue weighted by Gasteiger charge is 2.73. The van der Waals surface area contributed by atoms with Crippen molar-refractivity contribution in [2.24, 2.45) is 5.41 Å². The quantitative estimate of drug-likeness (QED) is 0.220. The van der Waals surface area contributed by atoms with Crippen LogP contribution in [0.15, 0.2) is 45.2 Å². The van der Waals surface area contributed by atoms with Crippen molar-refractivity contribution in [1.29, 1.82) is 0 Å². The Hall–Kier alpha value is -3.32. The van der Waals surface area contributed by atoms with Crippen molar-refractivity contribution >= 4 is 22.2 Å². The normalized spacial score (nSPS) is 14.8. The van der Waals surface area contributed by atoms with Crippen molar-refractivity contribution < 1.29 is 52.7 Å². The van der Waals surface area contributed by atoms with Gasteiger partial charge < -0.3 is 8.83 Å². The van der Waals surface area contributed by atoms with Gasteiger partial charge in [0.05, 0.1) is 0 Å². The molecule has 0 atom stereocenters. The van der Waals surface area contributed by atoms with Gasteiger partial charge in [-0.1, -0.05) is 53.7 Å². The number of benzene rings is 2. The third kappa shape index (κ3) is 4.53. The lowest BCUT2D eigenvalue weighted by atomic mass is 9.72. The zero-order valence-corrected chi connectivity index (χ0v) is 22.5. The molecule has 0 fully saturated rings. The van der Waals surface area contributed by atoms with E-state index in [0.717, 1.165) is 26.8 Å². The molecular formula is C27H24F10N2O2. The van der Waals surface area contributed by atoms with Crippen molar-refractivity contribution in [2.45, 2.75) is 76.6 Å². The van der Waals surface area contributed by atoms with Gasteiger partial charge in [-0.25, -0.2) is 9.97 Å². The predicted molar refractivity (Wildman–Crippen MR) is 128 cm³/mol. The van der Waals surface area contributed by atoms with Crippen LogP contribution in [0.5, 0.6) is 0 Å². The second-order valence-corrected chi connectivity index (χ2v) is 11.8. The first-order chi connectivity index (χ1) is 18.4. The average molecular weight is 598 g/mol. The van der Waals surface area contributed by atoms with Gasteiger partial charge in [0.2, 0.25) is 11.3 Å². The minimum Gasteiger partial charge on any atom is -0.440 e. The minimum absolute atomic E-state index is 0.0597. The van der Waals surface area contributed by atoms with Gasteiger partial charge in [-0.15, -0.1) is 0 Å². The highest BCUT2D eigenvalue weighted by Crippen LogP contribution is 2.57. The Balaban J connectivity index is 1.98. The molecule has 224 valence electrons. The Bertz CT molecular complexity index is 1580. The molecule has 2 heterocycles. The lowest BCUT2D eigenvalue weighted by molar-refractivity contribution is -0.288. The van der Waals surface area contributed by atoms with Gasteiger partial charge in [-0.05, 0) is 35.4 Å². The number of alkyl halides is 10. The molecule has 4 aromatic rings. The highest BCUT2D eigenvalue weighted by molar-refractivity contribution is 5.77. The lowest BCUT2D eigenvalue weighted by Gasteiger charge is -2.38. The van der Waals surface area contributed by atoms with Crippen LogP contribution < -0.4 is 0 Å². The van der Waals surface area contributed by atoms with Crippen molar-refractivity contribution in [3.8, 4) is 0 Å². The lowest BCUT2D eigenvalue weighted by Crippen LogP contribution is -2.54. The first kappa shape index (κ1) is 30.6. The van der Waals surface area contributed by atoms with E-state index in [2.05, 4.69) is 9.97 Å². The van der Waals surface area contributed by atoms with E-state index < -0.39 is 68.6 Å². The number of hydrogen-bond acceptors (Lipinski definition) is 4. The maximum Gasteiger partial charge on any atom is 0.411 e. The smallest absolute Gasteiger partial charge is 0.411 e. The maximum atomic E-state index is 14.8. The number of aromatic nitrogens is 2. The Morgan fingerprint density at radius 1 is 0.561 bits per heavy atom. The first-order valence-electron chi connectivity index (χ1n) is 12.1. The van der Waals surface area contributed by atoms with Gasteiger partial charge in [0, 0.05) is 10.8 Å². The monoisotopic (exact) mass is 598 g/mol. The van der Waals surface area contributed by atoms with Crippen molar-refractivity contribution in [3.63, 3.8) is 0 Å². The number of hydrogen-bond donors (Lipinski definition) is 0. The second kappa shape index (κ2) is 8.84. The summed E-state index contributed by atoms with van der Waals surface area (Å²) in [5, 5.41) is 0. The predicted octanol–water partition coefficient (Wildman–Crippen LogP) is 9.45. The summed E-state index contributed by atoms with van der Waals surface area (Å²) >= 11 is 0. The van der Waals surface area contributed by atoms with Crippen molar-refractivity contribution in [1.82, 2.24) is 9.97 Å². The molecule has 4 nitrogen and oxygen atoms in total. The van der Waals surface area contributed by atoms with Gasteiger partial charge in [-0.3, -0.25) is 0 Å². The van der Waals surface area contributed by atoms with E-state index in [4.69, 9.17) is 8.83 Å². The zero-order valence-electron chi connectivity index (χ0n) is 22.5. The van der Waals surface area contributed by atoms with Crippen LogP contribution in [0.2, 0.25) is 0 Å². The van der Waals surface area contributed by atoms with Crippen LogP contribution in [0.25, 0.3) is 22.2 Å². The molecule has 4 rings (SSSR count). The molecule has 0 aliphatic carbocycles. The summed E-state index contributed by atoms with van der Waals surface area (Å²) < 4.78 is 157. The minimum atomic E-state index is -6.03. The SMILES string of the molecule is CC(C)(C)c1nc2cc(C(c3ccc4oc(C(F)(F)C(F)(F)C(C)(C)C)nc4c3)(C(F)(F)F)C(F)(F)F)ccc2o1. The van der Waals surface area contributed by atoms with Crippen LogP contribution in [-0.2, 0) is 16.8 Å². The van der Waals surface area contributed by atoms with E-state index in [-0.39, 0.29) is 23.1 Å². The number of nitrogens with zero attached hydrogens (tertiary/aromatic N) is 2.